The van der Waals surface area contributed by atoms with Gasteiger partial charge in [-0.2, -0.15) is 0 Å². The summed E-state index contributed by atoms with van der Waals surface area (Å²) in [5.41, 5.74) is 1.88. The van der Waals surface area contributed by atoms with Crippen molar-refractivity contribution in [3.05, 3.63) is 29.3 Å². The Bertz CT molecular complexity index is 471. The molecule has 0 fully saturated rings. The summed E-state index contributed by atoms with van der Waals surface area (Å²) in [6, 6.07) is 5.57. The van der Waals surface area contributed by atoms with E-state index in [0.29, 0.717) is 6.54 Å². The molecule has 0 aliphatic rings. The molecule has 0 bridgehead atoms. The number of hydrogen-bond donors (Lipinski definition) is 2. The van der Waals surface area contributed by atoms with Gasteiger partial charge in [-0.25, -0.2) is 0 Å². The van der Waals surface area contributed by atoms with Gasteiger partial charge in [-0.1, -0.05) is 19.1 Å². The molecule has 1 rings (SSSR count). The van der Waals surface area contributed by atoms with Crippen LogP contribution in [0.15, 0.2) is 18.2 Å². The number of carboxylic acid groups (broad SMARTS) is 1. The van der Waals surface area contributed by atoms with Crippen LogP contribution in [0.2, 0.25) is 0 Å². The molecule has 0 aliphatic carbocycles. The third-order valence-electron chi connectivity index (χ3n) is 2.95. The van der Waals surface area contributed by atoms with E-state index >= 15 is 0 Å². The van der Waals surface area contributed by atoms with E-state index < -0.39 is 17.8 Å². The molecule has 2 N–H and O–H groups in total. The number of ether oxygens (including phenoxy) is 1. The molecule has 104 valence electrons. The highest BCUT2D eigenvalue weighted by atomic mass is 16.5. The van der Waals surface area contributed by atoms with Gasteiger partial charge in [-0.05, 0) is 30.5 Å². The molecular weight excluding hydrogens is 246 g/mol. The molecule has 19 heavy (non-hydrogen) atoms. The lowest BCUT2D eigenvalue weighted by atomic mass is 10.1. The minimum Gasteiger partial charge on any atom is -0.496 e. The van der Waals surface area contributed by atoms with Gasteiger partial charge in [0.25, 0.3) is 0 Å². The van der Waals surface area contributed by atoms with Crippen molar-refractivity contribution < 1.29 is 19.4 Å². The third-order valence-corrected chi connectivity index (χ3v) is 2.95. The number of rotatable bonds is 6. The number of amides is 1. The van der Waals surface area contributed by atoms with Gasteiger partial charge in [0.2, 0.25) is 5.91 Å². The minimum atomic E-state index is -1.09. The number of carbonyl (C=O) groups is 2. The van der Waals surface area contributed by atoms with Crippen molar-refractivity contribution in [3.8, 4) is 5.75 Å². The monoisotopic (exact) mass is 265 g/mol. The van der Waals surface area contributed by atoms with Gasteiger partial charge >= 0.3 is 5.97 Å². The maximum Gasteiger partial charge on any atom is 0.316 e. The van der Waals surface area contributed by atoms with Gasteiger partial charge in [0.1, 0.15) is 11.7 Å². The average molecular weight is 265 g/mol. The second-order valence-corrected chi connectivity index (χ2v) is 4.32. The fraction of sp³-hybridized carbons (Fsp3) is 0.429. The van der Waals surface area contributed by atoms with Crippen LogP contribution in [-0.2, 0) is 16.1 Å². The summed E-state index contributed by atoms with van der Waals surface area (Å²) < 4.78 is 5.15. The quantitative estimate of drug-likeness (QED) is 0.768. The zero-order valence-electron chi connectivity index (χ0n) is 11.4. The van der Waals surface area contributed by atoms with E-state index in [1.165, 1.54) is 0 Å². The van der Waals surface area contributed by atoms with Crippen LogP contribution in [0.3, 0.4) is 0 Å². The van der Waals surface area contributed by atoms with Gasteiger partial charge in [-0.3, -0.25) is 9.59 Å². The van der Waals surface area contributed by atoms with Crippen molar-refractivity contribution in [1.29, 1.82) is 0 Å². The highest BCUT2D eigenvalue weighted by Gasteiger charge is 2.23. The fourth-order valence-corrected chi connectivity index (χ4v) is 1.84. The molecule has 0 saturated carbocycles. The normalized spacial score (nSPS) is 11.7. The van der Waals surface area contributed by atoms with Crippen LogP contribution in [0.25, 0.3) is 0 Å². The second kappa shape index (κ2) is 6.78. The first kappa shape index (κ1) is 15.0. The molecule has 0 heterocycles. The summed E-state index contributed by atoms with van der Waals surface area (Å²) in [6.45, 7) is 3.90. The van der Waals surface area contributed by atoms with Gasteiger partial charge in [0.15, 0.2) is 0 Å². The first-order valence-corrected chi connectivity index (χ1v) is 6.13. The number of carbonyl (C=O) groups excluding carboxylic acids is 1. The van der Waals surface area contributed by atoms with Crippen molar-refractivity contribution in [3.63, 3.8) is 0 Å². The van der Waals surface area contributed by atoms with Crippen LogP contribution in [0, 0.1) is 12.8 Å². The lowest BCUT2D eigenvalue weighted by Crippen LogP contribution is -2.34. The molecule has 1 aromatic carbocycles. The van der Waals surface area contributed by atoms with Gasteiger partial charge < -0.3 is 15.2 Å². The maximum absolute atomic E-state index is 11.7. The minimum absolute atomic E-state index is 0.281. The van der Waals surface area contributed by atoms with Crippen LogP contribution < -0.4 is 10.1 Å². The molecular formula is C14H19NO4. The molecule has 5 heteroatoms. The fourth-order valence-electron chi connectivity index (χ4n) is 1.84. The van der Waals surface area contributed by atoms with Crippen LogP contribution in [0.4, 0.5) is 0 Å². The molecule has 0 aliphatic heterocycles. The standard InChI is InChI=1S/C14H19NO4/c1-4-11(14(17)18)13(16)15-8-10-5-6-12(19-3)9(2)7-10/h5-7,11H,4,8H2,1-3H3,(H,15,16)(H,17,18). The van der Waals surface area contributed by atoms with E-state index in [-0.39, 0.29) is 6.42 Å². The van der Waals surface area contributed by atoms with Crippen LogP contribution in [0.1, 0.15) is 24.5 Å². The molecule has 1 atom stereocenters. The molecule has 5 nitrogen and oxygen atoms in total. The smallest absolute Gasteiger partial charge is 0.316 e. The first-order valence-electron chi connectivity index (χ1n) is 6.13. The maximum atomic E-state index is 11.7. The van der Waals surface area contributed by atoms with Gasteiger partial charge in [-0.15, -0.1) is 0 Å². The van der Waals surface area contributed by atoms with E-state index in [0.717, 1.165) is 16.9 Å². The van der Waals surface area contributed by atoms with E-state index in [1.54, 1.807) is 14.0 Å². The van der Waals surface area contributed by atoms with Crippen LogP contribution >= 0.6 is 0 Å². The molecule has 0 aromatic heterocycles. The summed E-state index contributed by atoms with van der Waals surface area (Å²) in [7, 11) is 1.60. The Hall–Kier alpha value is -2.04. The van der Waals surface area contributed by atoms with Crippen molar-refractivity contribution in [1.82, 2.24) is 5.32 Å². The second-order valence-electron chi connectivity index (χ2n) is 4.32. The summed E-state index contributed by atoms with van der Waals surface area (Å²) in [4.78, 5) is 22.5. The topological polar surface area (TPSA) is 75.6 Å². The number of hydrogen-bond acceptors (Lipinski definition) is 3. The molecule has 1 amide bonds. The van der Waals surface area contributed by atoms with Crippen molar-refractivity contribution in [2.24, 2.45) is 5.92 Å². The largest absolute Gasteiger partial charge is 0.496 e. The predicted molar refractivity (Wildman–Crippen MR) is 71.0 cm³/mol. The molecule has 0 radical (unpaired) electrons. The van der Waals surface area contributed by atoms with Gasteiger partial charge in [0, 0.05) is 6.54 Å². The Balaban J connectivity index is 2.64. The molecule has 0 saturated heterocycles. The number of aliphatic carboxylic acids is 1. The first-order chi connectivity index (χ1) is 8.99. The molecule has 1 unspecified atom stereocenters. The highest BCUT2D eigenvalue weighted by molar-refractivity contribution is 5.96. The van der Waals surface area contributed by atoms with E-state index in [9.17, 15) is 9.59 Å². The summed E-state index contributed by atoms with van der Waals surface area (Å²) in [5.74, 6) is -1.75. The molecule has 0 spiro atoms. The Kier molecular flexibility index (Phi) is 5.36. The zero-order chi connectivity index (χ0) is 14.4. The lowest BCUT2D eigenvalue weighted by molar-refractivity contribution is -0.147. The third kappa shape index (κ3) is 3.98. The molecule has 1 aromatic rings. The van der Waals surface area contributed by atoms with Gasteiger partial charge in [0.05, 0.1) is 7.11 Å². The van der Waals surface area contributed by atoms with E-state index in [4.69, 9.17) is 9.84 Å². The number of nitrogens with one attached hydrogen (secondary N) is 1. The van der Waals surface area contributed by atoms with Crippen LogP contribution in [-0.4, -0.2) is 24.1 Å². The van der Waals surface area contributed by atoms with Crippen molar-refractivity contribution in [2.45, 2.75) is 26.8 Å². The number of benzene rings is 1. The van der Waals surface area contributed by atoms with Crippen molar-refractivity contribution in [2.75, 3.05) is 7.11 Å². The Morgan fingerprint density at radius 3 is 2.58 bits per heavy atom. The Labute approximate surface area is 112 Å². The lowest BCUT2D eigenvalue weighted by Gasteiger charge is -2.12. The van der Waals surface area contributed by atoms with E-state index in [2.05, 4.69) is 5.32 Å². The number of aryl methyl sites for hydroxylation is 1. The zero-order valence-corrected chi connectivity index (χ0v) is 11.4. The Morgan fingerprint density at radius 2 is 2.11 bits per heavy atom. The average Bonchev–Trinajstić information content (AvgIpc) is 2.37. The highest BCUT2D eigenvalue weighted by Crippen LogP contribution is 2.18. The van der Waals surface area contributed by atoms with E-state index in [1.807, 2.05) is 25.1 Å². The number of methoxy groups -OCH3 is 1. The van der Waals surface area contributed by atoms with Crippen molar-refractivity contribution >= 4 is 11.9 Å². The summed E-state index contributed by atoms with van der Waals surface area (Å²) in [6.07, 6.45) is 0.281. The predicted octanol–water partition coefficient (Wildman–Crippen LogP) is 1.73. The Morgan fingerprint density at radius 1 is 1.42 bits per heavy atom. The number of carboxylic acids is 1. The summed E-state index contributed by atoms with van der Waals surface area (Å²) in [5, 5.41) is 11.5. The SMILES string of the molecule is CCC(C(=O)O)C(=O)NCc1ccc(OC)c(C)c1. The summed E-state index contributed by atoms with van der Waals surface area (Å²) >= 11 is 0. The van der Waals surface area contributed by atoms with Crippen LogP contribution in [0.5, 0.6) is 5.75 Å².